The molecule has 2 aromatic heterocycles. The topological polar surface area (TPSA) is 97.8 Å². The predicted octanol–water partition coefficient (Wildman–Crippen LogP) is 3.80. The molecule has 4 heterocycles. The maximum atomic E-state index is 13.3. The summed E-state index contributed by atoms with van der Waals surface area (Å²) in [5, 5.41) is 0.565. The minimum atomic E-state index is -0.0501. The molecule has 5 rings (SSSR count). The molecule has 198 valence electrons. The van der Waals surface area contributed by atoms with Crippen LogP contribution in [0.2, 0.25) is 0 Å². The number of thioether (sulfide) groups is 1. The Morgan fingerprint density at radius 3 is 2.42 bits per heavy atom. The van der Waals surface area contributed by atoms with Gasteiger partial charge < -0.3 is 19.3 Å². The van der Waals surface area contributed by atoms with Crippen LogP contribution in [0.15, 0.2) is 60.0 Å². The Morgan fingerprint density at radius 1 is 0.921 bits per heavy atom. The number of piperidine rings is 1. The molecule has 0 unspecified atom stereocenters. The van der Waals surface area contributed by atoms with Gasteiger partial charge in [0.15, 0.2) is 5.16 Å². The molecule has 2 aliphatic rings. The van der Waals surface area contributed by atoms with Gasteiger partial charge in [-0.1, -0.05) is 17.8 Å². The Balaban J connectivity index is 1.15. The molecule has 0 aliphatic carbocycles. The van der Waals surface area contributed by atoms with Crippen LogP contribution in [0, 0.1) is 5.41 Å². The third-order valence-corrected chi connectivity index (χ3v) is 8.27. The standard InChI is InChI=1S/C28H31N5O4S/c1-36-20-6-7-24(37-2)21(17-20)26(35)32-14-9-28(10-15-32)11-16-33(19-28)25(34)18-38-27-30-13-8-23(31-27)22-5-3-4-12-29-22/h3-8,12-13,17H,9-11,14-16,18-19H2,1-2H3. The molecule has 1 spiro atoms. The van der Waals surface area contributed by atoms with Gasteiger partial charge in [0.1, 0.15) is 11.5 Å². The highest BCUT2D eigenvalue weighted by molar-refractivity contribution is 7.99. The van der Waals surface area contributed by atoms with E-state index in [1.807, 2.05) is 34.1 Å². The van der Waals surface area contributed by atoms with Crippen molar-refractivity contribution in [3.8, 4) is 22.9 Å². The molecule has 38 heavy (non-hydrogen) atoms. The molecular formula is C28H31N5O4S. The van der Waals surface area contributed by atoms with E-state index in [9.17, 15) is 9.59 Å². The first kappa shape index (κ1) is 26.0. The van der Waals surface area contributed by atoms with E-state index in [2.05, 4.69) is 15.0 Å². The fraction of sp³-hybridized carbons (Fsp3) is 0.393. The Bertz CT molecular complexity index is 1300. The Hall–Kier alpha value is -3.66. The van der Waals surface area contributed by atoms with Crippen molar-refractivity contribution in [2.24, 2.45) is 5.41 Å². The van der Waals surface area contributed by atoms with Crippen molar-refractivity contribution in [1.29, 1.82) is 0 Å². The monoisotopic (exact) mass is 533 g/mol. The number of carbonyl (C=O) groups excluding carboxylic acids is 2. The zero-order chi connectivity index (χ0) is 26.5. The van der Waals surface area contributed by atoms with Crippen molar-refractivity contribution in [3.05, 3.63) is 60.4 Å². The number of likely N-dealkylation sites (tertiary alicyclic amines) is 2. The van der Waals surface area contributed by atoms with Gasteiger partial charge >= 0.3 is 0 Å². The van der Waals surface area contributed by atoms with E-state index in [1.165, 1.54) is 11.8 Å². The van der Waals surface area contributed by atoms with Gasteiger partial charge in [-0.15, -0.1) is 0 Å². The van der Waals surface area contributed by atoms with Crippen molar-refractivity contribution >= 4 is 23.6 Å². The number of aromatic nitrogens is 3. The smallest absolute Gasteiger partial charge is 0.257 e. The van der Waals surface area contributed by atoms with E-state index in [1.54, 1.807) is 44.8 Å². The largest absolute Gasteiger partial charge is 0.497 e. The summed E-state index contributed by atoms with van der Waals surface area (Å²) in [5.74, 6) is 1.51. The van der Waals surface area contributed by atoms with E-state index >= 15 is 0 Å². The lowest BCUT2D eigenvalue weighted by Crippen LogP contribution is -2.45. The molecule has 0 atom stereocenters. The molecule has 0 saturated carbocycles. The van der Waals surface area contributed by atoms with Gasteiger partial charge in [0.05, 0.1) is 36.9 Å². The molecule has 0 N–H and O–H groups in total. The first-order valence-electron chi connectivity index (χ1n) is 12.7. The number of nitrogens with zero attached hydrogens (tertiary/aromatic N) is 5. The third-order valence-electron chi connectivity index (χ3n) is 7.42. The van der Waals surface area contributed by atoms with Crippen LogP contribution in [0.3, 0.4) is 0 Å². The van der Waals surface area contributed by atoms with Gasteiger partial charge in [-0.2, -0.15) is 0 Å². The summed E-state index contributed by atoms with van der Waals surface area (Å²) in [6.45, 7) is 2.78. The number of rotatable bonds is 7. The average Bonchev–Trinajstić information content (AvgIpc) is 3.39. The number of hydrogen-bond donors (Lipinski definition) is 0. The quantitative estimate of drug-likeness (QED) is 0.334. The van der Waals surface area contributed by atoms with Crippen LogP contribution in [-0.2, 0) is 4.79 Å². The molecule has 0 bridgehead atoms. The summed E-state index contributed by atoms with van der Waals surface area (Å²) in [6.07, 6.45) is 6.13. The van der Waals surface area contributed by atoms with Crippen molar-refractivity contribution in [1.82, 2.24) is 24.8 Å². The van der Waals surface area contributed by atoms with Gasteiger partial charge in [0.2, 0.25) is 5.91 Å². The normalized spacial score (nSPS) is 16.5. The molecule has 2 fully saturated rings. The number of hydrogen-bond acceptors (Lipinski definition) is 8. The van der Waals surface area contributed by atoms with Crippen molar-refractivity contribution in [3.63, 3.8) is 0 Å². The Labute approximate surface area is 226 Å². The second-order valence-electron chi connectivity index (χ2n) is 9.65. The number of methoxy groups -OCH3 is 2. The van der Waals surface area contributed by atoms with Crippen LogP contribution in [0.1, 0.15) is 29.6 Å². The minimum Gasteiger partial charge on any atom is -0.497 e. The van der Waals surface area contributed by atoms with Gasteiger partial charge in [-0.3, -0.25) is 14.6 Å². The van der Waals surface area contributed by atoms with Crippen molar-refractivity contribution < 1.29 is 19.1 Å². The van der Waals surface area contributed by atoms with E-state index in [0.717, 1.165) is 43.7 Å². The zero-order valence-corrected chi connectivity index (χ0v) is 22.4. The van der Waals surface area contributed by atoms with Crippen LogP contribution in [0.4, 0.5) is 0 Å². The van der Waals surface area contributed by atoms with E-state index < -0.39 is 0 Å². The summed E-state index contributed by atoms with van der Waals surface area (Å²) in [7, 11) is 3.15. The Kier molecular flexibility index (Phi) is 7.78. The lowest BCUT2D eigenvalue weighted by Gasteiger charge is -2.39. The second kappa shape index (κ2) is 11.4. The Morgan fingerprint density at radius 2 is 1.71 bits per heavy atom. The highest BCUT2D eigenvalue weighted by atomic mass is 32.2. The molecule has 0 radical (unpaired) electrons. The summed E-state index contributed by atoms with van der Waals surface area (Å²) in [5.41, 5.74) is 2.09. The first-order valence-corrected chi connectivity index (χ1v) is 13.7. The molecule has 1 aromatic carbocycles. The minimum absolute atomic E-state index is 0.0501. The van der Waals surface area contributed by atoms with Gasteiger partial charge in [0.25, 0.3) is 5.91 Å². The summed E-state index contributed by atoms with van der Waals surface area (Å²) in [4.78, 5) is 43.4. The fourth-order valence-corrected chi connectivity index (χ4v) is 5.91. The van der Waals surface area contributed by atoms with E-state index in [0.29, 0.717) is 41.1 Å². The van der Waals surface area contributed by atoms with Crippen LogP contribution < -0.4 is 9.47 Å². The zero-order valence-electron chi connectivity index (χ0n) is 21.6. The maximum Gasteiger partial charge on any atom is 0.257 e. The SMILES string of the molecule is COc1ccc(OC)c(C(=O)N2CCC3(CCN(C(=O)CSc4nccc(-c5ccccn5)n4)C3)CC2)c1. The lowest BCUT2D eigenvalue weighted by atomic mass is 9.77. The highest BCUT2D eigenvalue weighted by Crippen LogP contribution is 2.41. The van der Waals surface area contributed by atoms with Gasteiger partial charge in [-0.05, 0) is 61.1 Å². The highest BCUT2D eigenvalue weighted by Gasteiger charge is 2.43. The first-order chi connectivity index (χ1) is 18.5. The number of pyridine rings is 1. The molecule has 2 aliphatic heterocycles. The van der Waals surface area contributed by atoms with Crippen LogP contribution >= 0.6 is 11.8 Å². The van der Waals surface area contributed by atoms with Gasteiger partial charge in [0, 0.05) is 38.6 Å². The number of benzene rings is 1. The third kappa shape index (κ3) is 5.60. The molecule has 9 nitrogen and oxygen atoms in total. The van der Waals surface area contributed by atoms with E-state index in [-0.39, 0.29) is 17.2 Å². The summed E-state index contributed by atoms with van der Waals surface area (Å²) >= 11 is 1.35. The van der Waals surface area contributed by atoms with E-state index in [4.69, 9.17) is 9.47 Å². The molecule has 3 aromatic rings. The van der Waals surface area contributed by atoms with Crippen LogP contribution in [0.5, 0.6) is 11.5 Å². The fourth-order valence-electron chi connectivity index (χ4n) is 5.18. The maximum absolute atomic E-state index is 13.3. The van der Waals surface area contributed by atoms with Crippen LogP contribution in [0.25, 0.3) is 11.4 Å². The number of amides is 2. The molecule has 10 heteroatoms. The number of carbonyl (C=O) groups is 2. The summed E-state index contributed by atoms with van der Waals surface area (Å²) in [6, 6.07) is 12.8. The number of ether oxygens (including phenoxy) is 2. The van der Waals surface area contributed by atoms with Crippen LogP contribution in [-0.4, -0.2) is 82.7 Å². The summed E-state index contributed by atoms with van der Waals surface area (Å²) < 4.78 is 10.7. The second-order valence-corrected chi connectivity index (χ2v) is 10.6. The molecular weight excluding hydrogens is 502 g/mol. The van der Waals surface area contributed by atoms with Gasteiger partial charge in [-0.25, -0.2) is 9.97 Å². The molecule has 2 amide bonds. The van der Waals surface area contributed by atoms with Crippen molar-refractivity contribution in [2.45, 2.75) is 24.4 Å². The predicted molar refractivity (Wildman–Crippen MR) is 144 cm³/mol. The lowest BCUT2D eigenvalue weighted by molar-refractivity contribution is -0.127. The molecule has 2 saturated heterocycles. The average molecular weight is 534 g/mol. The van der Waals surface area contributed by atoms with Crippen molar-refractivity contribution in [2.75, 3.05) is 46.2 Å².